The van der Waals surface area contributed by atoms with Crippen molar-refractivity contribution in [3.05, 3.63) is 35.9 Å². The molecule has 0 atom stereocenters. The van der Waals surface area contributed by atoms with E-state index in [-0.39, 0.29) is 24.8 Å². The van der Waals surface area contributed by atoms with Crippen molar-refractivity contribution in [2.24, 2.45) is 0 Å². The number of hydrogen-bond acceptors (Lipinski definition) is 1. The van der Waals surface area contributed by atoms with Gasteiger partial charge in [-0.1, -0.05) is 35.9 Å². The molecule has 3 heteroatoms. The van der Waals surface area contributed by atoms with Crippen LogP contribution >= 0.6 is 24.8 Å². The van der Waals surface area contributed by atoms with Gasteiger partial charge in [0.15, 0.2) is 0 Å². The Bertz CT molecular complexity index is 204. The summed E-state index contributed by atoms with van der Waals surface area (Å²) in [6.07, 6.45) is 0. The molecule has 0 saturated heterocycles. The van der Waals surface area contributed by atoms with Gasteiger partial charge in [0.2, 0.25) is 0 Å². The number of hydrogen-bond donors (Lipinski definition) is 0. The lowest BCUT2D eigenvalue weighted by atomic mass is 10.2. The van der Waals surface area contributed by atoms with E-state index in [0.717, 1.165) is 0 Å². The maximum absolute atomic E-state index is 7.32. The minimum Gasteiger partial charge on any atom is -0.199 e. The van der Waals surface area contributed by atoms with E-state index in [0.29, 0.717) is 0 Å². The molecule has 0 radical (unpaired) electrons. The van der Waals surface area contributed by atoms with E-state index in [1.165, 1.54) is 12.5 Å². The molecule has 0 aliphatic heterocycles. The van der Waals surface area contributed by atoms with E-state index in [4.69, 9.17) is 5.26 Å². The Balaban J connectivity index is -0.000000146. The highest BCUT2D eigenvalue weighted by Crippen LogP contribution is 1.92. The largest absolute Gasteiger partial charge is 0.199 e. The smallest absolute Gasteiger partial charge is 0.0587 e. The van der Waals surface area contributed by atoms with Crippen LogP contribution in [0, 0.1) is 18.3 Å². The highest BCUT2D eigenvalue weighted by atomic mass is 35.5. The fraction of sp³-hybridized carbons (Fsp3) is 0.222. The normalized spacial score (nSPS) is 5.75. The summed E-state index contributed by atoms with van der Waals surface area (Å²) in [6, 6.07) is 12.0. The fourth-order valence-electron chi connectivity index (χ4n) is 0.534. The quantitative estimate of drug-likeness (QED) is 0.638. The van der Waals surface area contributed by atoms with Crippen LogP contribution in [0.2, 0.25) is 0 Å². The van der Waals surface area contributed by atoms with Crippen molar-refractivity contribution in [3.63, 3.8) is 0 Å². The molecule has 0 aromatic heterocycles. The molecule has 12 heavy (non-hydrogen) atoms. The summed E-state index contributed by atoms with van der Waals surface area (Å²) in [7, 11) is 0. The first-order valence-electron chi connectivity index (χ1n) is 3.13. The number of nitriles is 1. The average molecular weight is 206 g/mol. The molecule has 1 aromatic rings. The van der Waals surface area contributed by atoms with Crippen LogP contribution in [0.1, 0.15) is 12.5 Å². The van der Waals surface area contributed by atoms with E-state index in [1.54, 1.807) is 6.07 Å². The van der Waals surface area contributed by atoms with Gasteiger partial charge in [-0.15, -0.1) is 24.8 Å². The lowest BCUT2D eigenvalue weighted by Crippen LogP contribution is -1.62. The molecule has 0 saturated carbocycles. The van der Waals surface area contributed by atoms with Gasteiger partial charge in [-0.2, -0.15) is 5.26 Å². The molecule has 0 N–H and O–H groups in total. The van der Waals surface area contributed by atoms with Gasteiger partial charge in [0, 0.05) is 6.92 Å². The molecule has 1 nitrogen and oxygen atoms in total. The fourth-order valence-corrected chi connectivity index (χ4v) is 0.534. The number of rotatable bonds is 0. The summed E-state index contributed by atoms with van der Waals surface area (Å²) < 4.78 is 0. The van der Waals surface area contributed by atoms with Crippen LogP contribution < -0.4 is 0 Å². The van der Waals surface area contributed by atoms with Crippen molar-refractivity contribution in [1.82, 2.24) is 0 Å². The molecule has 0 unspecified atom stereocenters. The van der Waals surface area contributed by atoms with Crippen LogP contribution in [0.4, 0.5) is 0 Å². The van der Waals surface area contributed by atoms with Crippen LogP contribution in [-0.4, -0.2) is 0 Å². The van der Waals surface area contributed by atoms with Gasteiger partial charge in [0.05, 0.1) is 6.07 Å². The Kier molecular flexibility index (Phi) is 18.7. The van der Waals surface area contributed by atoms with Crippen molar-refractivity contribution >= 4 is 24.8 Å². The first-order chi connectivity index (χ1) is 4.81. The number of benzene rings is 1. The third-order valence-corrected chi connectivity index (χ3v) is 0.940. The van der Waals surface area contributed by atoms with E-state index >= 15 is 0 Å². The lowest BCUT2D eigenvalue weighted by molar-refractivity contribution is 1.48. The summed E-state index contributed by atoms with van der Waals surface area (Å²) >= 11 is 0. The van der Waals surface area contributed by atoms with Gasteiger partial charge in [-0.05, 0) is 6.92 Å². The zero-order valence-electron chi connectivity index (χ0n) is 7.15. The standard InChI is InChI=1S/C7H8.C2H3N.2ClH/c1-7-5-3-2-4-6-7;1-2-3;;/h2-6H,1H3;1H3;2*1H. The van der Waals surface area contributed by atoms with Gasteiger partial charge in [-0.3, -0.25) is 0 Å². The summed E-state index contributed by atoms with van der Waals surface area (Å²) in [5.41, 5.74) is 1.32. The second kappa shape index (κ2) is 12.9. The Morgan fingerprint density at radius 3 is 1.58 bits per heavy atom. The third-order valence-electron chi connectivity index (χ3n) is 0.940. The lowest BCUT2D eigenvalue weighted by Gasteiger charge is -1.82. The molecule has 0 aliphatic carbocycles. The predicted octanol–water partition coefficient (Wildman–Crippen LogP) is 3.37. The van der Waals surface area contributed by atoms with Gasteiger partial charge in [-0.25, -0.2) is 0 Å². The summed E-state index contributed by atoms with van der Waals surface area (Å²) in [5, 5.41) is 7.32. The third kappa shape index (κ3) is 12.0. The zero-order valence-corrected chi connectivity index (χ0v) is 8.78. The van der Waals surface area contributed by atoms with E-state index in [9.17, 15) is 0 Å². The van der Waals surface area contributed by atoms with Crippen molar-refractivity contribution < 1.29 is 0 Å². The maximum atomic E-state index is 7.32. The van der Waals surface area contributed by atoms with Gasteiger partial charge >= 0.3 is 0 Å². The van der Waals surface area contributed by atoms with Crippen molar-refractivity contribution in [2.75, 3.05) is 0 Å². The van der Waals surface area contributed by atoms with Crippen LogP contribution in [0.3, 0.4) is 0 Å². The first kappa shape index (κ1) is 17.4. The van der Waals surface area contributed by atoms with Crippen LogP contribution in [0.15, 0.2) is 30.3 Å². The molecule has 68 valence electrons. The zero-order chi connectivity index (χ0) is 7.82. The molecule has 0 fully saturated rings. The summed E-state index contributed by atoms with van der Waals surface area (Å²) in [4.78, 5) is 0. The molecule has 0 heterocycles. The van der Waals surface area contributed by atoms with Crippen LogP contribution in [-0.2, 0) is 0 Å². The summed E-state index contributed by atoms with van der Waals surface area (Å²) in [5.74, 6) is 0. The second-order valence-corrected chi connectivity index (χ2v) is 1.88. The van der Waals surface area contributed by atoms with E-state index < -0.39 is 0 Å². The molecule has 0 amide bonds. The first-order valence-corrected chi connectivity index (χ1v) is 3.13. The Morgan fingerprint density at radius 1 is 1.08 bits per heavy atom. The molecule has 1 aromatic carbocycles. The van der Waals surface area contributed by atoms with Gasteiger partial charge in [0.25, 0.3) is 0 Å². The Hall–Kier alpha value is -0.710. The summed E-state index contributed by atoms with van der Waals surface area (Å²) in [6.45, 7) is 3.51. The van der Waals surface area contributed by atoms with E-state index in [2.05, 4.69) is 19.1 Å². The second-order valence-electron chi connectivity index (χ2n) is 1.88. The SMILES string of the molecule is CC#N.Cc1ccccc1.Cl.Cl. The molecule has 0 aliphatic rings. The highest BCUT2D eigenvalue weighted by Gasteiger charge is 1.72. The minimum absolute atomic E-state index is 0. The topological polar surface area (TPSA) is 23.8 Å². The number of halogens is 2. The Labute approximate surface area is 86.2 Å². The average Bonchev–Trinajstić information content (AvgIpc) is 1.91. The van der Waals surface area contributed by atoms with Gasteiger partial charge in [0.1, 0.15) is 0 Å². The van der Waals surface area contributed by atoms with Crippen molar-refractivity contribution in [2.45, 2.75) is 13.8 Å². The molecule has 0 bridgehead atoms. The van der Waals surface area contributed by atoms with Gasteiger partial charge < -0.3 is 0 Å². The monoisotopic (exact) mass is 205 g/mol. The number of aryl methyl sites for hydroxylation is 1. The predicted molar refractivity (Wildman–Crippen MR) is 57.0 cm³/mol. The highest BCUT2D eigenvalue weighted by molar-refractivity contribution is 5.85. The van der Waals surface area contributed by atoms with Crippen LogP contribution in [0.25, 0.3) is 0 Å². The van der Waals surface area contributed by atoms with Crippen molar-refractivity contribution in [3.8, 4) is 6.07 Å². The minimum atomic E-state index is 0. The Morgan fingerprint density at radius 2 is 1.42 bits per heavy atom. The van der Waals surface area contributed by atoms with E-state index in [1.807, 2.05) is 18.2 Å². The van der Waals surface area contributed by atoms with Crippen molar-refractivity contribution in [1.29, 1.82) is 5.26 Å². The van der Waals surface area contributed by atoms with Crippen LogP contribution in [0.5, 0.6) is 0 Å². The molecular weight excluding hydrogens is 193 g/mol. The number of nitrogens with zero attached hydrogens (tertiary/aromatic N) is 1. The molecule has 0 spiro atoms. The molecular formula is C9H13Cl2N. The molecule has 1 rings (SSSR count). The maximum Gasteiger partial charge on any atom is 0.0587 e.